The number of benzene rings is 1. The van der Waals surface area contributed by atoms with Crippen molar-refractivity contribution in [2.75, 3.05) is 20.2 Å². The smallest absolute Gasteiger partial charge is 0.311 e. The molecule has 0 amide bonds. The Morgan fingerprint density at radius 1 is 1.39 bits per heavy atom. The molecular formula is C17H18BFN2O2. The average molecular weight is 312 g/mol. The molecule has 0 bridgehead atoms. The fraction of sp³-hybridized carbons (Fsp3) is 0.294. The molecule has 0 aliphatic carbocycles. The number of carbonyl (C=O) groups excluding carboxylic acids is 1. The van der Waals surface area contributed by atoms with E-state index in [9.17, 15) is 9.18 Å². The van der Waals surface area contributed by atoms with Crippen LogP contribution in [0.3, 0.4) is 0 Å². The van der Waals surface area contributed by atoms with Crippen molar-refractivity contribution < 1.29 is 13.9 Å². The lowest BCUT2D eigenvalue weighted by Gasteiger charge is -2.37. The summed E-state index contributed by atoms with van der Waals surface area (Å²) in [7, 11) is 3.35. The molecule has 1 aromatic heterocycles. The Labute approximate surface area is 135 Å². The fourth-order valence-corrected chi connectivity index (χ4v) is 2.76. The summed E-state index contributed by atoms with van der Waals surface area (Å²) in [6.45, 7) is 1.96. The van der Waals surface area contributed by atoms with Gasteiger partial charge < -0.3 is 4.74 Å². The third kappa shape index (κ3) is 3.42. The lowest BCUT2D eigenvalue weighted by Crippen LogP contribution is -2.49. The van der Waals surface area contributed by atoms with Gasteiger partial charge in [0.15, 0.2) is 0 Å². The molecule has 3 rings (SSSR count). The first kappa shape index (κ1) is 15.7. The summed E-state index contributed by atoms with van der Waals surface area (Å²) in [5.74, 6) is -0.502. The van der Waals surface area contributed by atoms with Crippen LogP contribution in [-0.4, -0.2) is 43.9 Å². The van der Waals surface area contributed by atoms with Crippen LogP contribution in [0.1, 0.15) is 5.56 Å². The molecule has 1 aliphatic rings. The van der Waals surface area contributed by atoms with Crippen LogP contribution in [0.5, 0.6) is 0 Å². The van der Waals surface area contributed by atoms with Crippen LogP contribution in [0.2, 0.25) is 0 Å². The minimum absolute atomic E-state index is 0.0547. The Bertz CT molecular complexity index is 715. The van der Waals surface area contributed by atoms with Crippen LogP contribution < -0.4 is 5.46 Å². The summed E-state index contributed by atoms with van der Waals surface area (Å²) in [5, 5.41) is 0. The largest absolute Gasteiger partial charge is 0.469 e. The Balaban J connectivity index is 1.66. The SMILES string of the molecule is Bc1ccc(-c2ccc(CN3CC(C(=O)OC)C3)cc2F)nc1. The van der Waals surface area contributed by atoms with Gasteiger partial charge >= 0.3 is 5.97 Å². The predicted molar refractivity (Wildman–Crippen MR) is 88.6 cm³/mol. The normalized spacial score (nSPS) is 15.2. The quantitative estimate of drug-likeness (QED) is 0.617. The van der Waals surface area contributed by atoms with E-state index in [4.69, 9.17) is 4.74 Å². The zero-order valence-corrected chi connectivity index (χ0v) is 13.3. The molecule has 6 heteroatoms. The van der Waals surface area contributed by atoms with Crippen LogP contribution in [0, 0.1) is 11.7 Å². The Kier molecular flexibility index (Phi) is 4.43. The summed E-state index contributed by atoms with van der Waals surface area (Å²) < 4.78 is 19.0. The van der Waals surface area contributed by atoms with E-state index in [0.717, 1.165) is 11.0 Å². The van der Waals surface area contributed by atoms with Gasteiger partial charge in [-0.05, 0) is 23.8 Å². The first-order valence-corrected chi connectivity index (χ1v) is 7.58. The molecule has 1 aromatic carbocycles. The molecular weight excluding hydrogens is 294 g/mol. The van der Waals surface area contributed by atoms with Gasteiger partial charge in [-0.3, -0.25) is 14.7 Å². The number of likely N-dealkylation sites (tertiary alicyclic amines) is 1. The number of hydrogen-bond acceptors (Lipinski definition) is 4. The zero-order valence-electron chi connectivity index (χ0n) is 13.3. The van der Waals surface area contributed by atoms with Gasteiger partial charge in [0.2, 0.25) is 0 Å². The number of carbonyl (C=O) groups is 1. The average Bonchev–Trinajstić information content (AvgIpc) is 2.51. The Morgan fingerprint density at radius 2 is 2.17 bits per heavy atom. The maximum atomic E-state index is 14.3. The van der Waals surface area contributed by atoms with Crippen molar-refractivity contribution in [3.05, 3.63) is 47.9 Å². The fourth-order valence-electron chi connectivity index (χ4n) is 2.76. The third-order valence-electron chi connectivity index (χ3n) is 4.12. The third-order valence-corrected chi connectivity index (χ3v) is 4.12. The first-order chi connectivity index (χ1) is 11.1. The molecule has 1 saturated heterocycles. The molecule has 0 saturated carbocycles. The van der Waals surface area contributed by atoms with Crippen LogP contribution in [-0.2, 0) is 16.1 Å². The lowest BCUT2D eigenvalue weighted by atomic mass is 9.97. The molecule has 0 atom stereocenters. The highest BCUT2D eigenvalue weighted by molar-refractivity contribution is 6.32. The van der Waals surface area contributed by atoms with Crippen molar-refractivity contribution in [1.82, 2.24) is 9.88 Å². The highest BCUT2D eigenvalue weighted by atomic mass is 19.1. The monoisotopic (exact) mass is 312 g/mol. The highest BCUT2D eigenvalue weighted by Gasteiger charge is 2.33. The second-order valence-corrected chi connectivity index (χ2v) is 5.95. The number of methoxy groups -OCH3 is 1. The highest BCUT2D eigenvalue weighted by Crippen LogP contribution is 2.24. The summed E-state index contributed by atoms with van der Waals surface area (Å²) >= 11 is 0. The summed E-state index contributed by atoms with van der Waals surface area (Å²) in [6, 6.07) is 8.96. The number of aromatic nitrogens is 1. The zero-order chi connectivity index (χ0) is 16.4. The van der Waals surface area contributed by atoms with Crippen LogP contribution in [0.15, 0.2) is 36.5 Å². The van der Waals surface area contributed by atoms with Crippen LogP contribution in [0.25, 0.3) is 11.3 Å². The van der Waals surface area contributed by atoms with Crippen molar-refractivity contribution in [2.45, 2.75) is 6.54 Å². The van der Waals surface area contributed by atoms with E-state index in [1.54, 1.807) is 18.3 Å². The molecule has 1 fully saturated rings. The molecule has 4 nitrogen and oxygen atoms in total. The minimum Gasteiger partial charge on any atom is -0.469 e. The van der Waals surface area contributed by atoms with E-state index in [-0.39, 0.29) is 17.7 Å². The van der Waals surface area contributed by atoms with E-state index >= 15 is 0 Å². The summed E-state index contributed by atoms with van der Waals surface area (Å²) in [6.07, 6.45) is 1.73. The second-order valence-electron chi connectivity index (χ2n) is 5.95. The van der Waals surface area contributed by atoms with Gasteiger partial charge in [-0.1, -0.05) is 17.6 Å². The molecule has 23 heavy (non-hydrogen) atoms. The van der Waals surface area contributed by atoms with Crippen molar-refractivity contribution >= 4 is 19.3 Å². The standard InChI is InChI=1S/C17H18BFN2O2/c1-23-17(22)12-9-21(10-12)8-11-2-4-14(15(19)6-11)16-5-3-13(18)7-20-16/h2-7,12H,8-10,18H2,1H3. The number of nitrogens with zero attached hydrogens (tertiary/aromatic N) is 2. The van der Waals surface area contributed by atoms with Gasteiger partial charge in [0.25, 0.3) is 0 Å². The molecule has 0 N–H and O–H groups in total. The summed E-state index contributed by atoms with van der Waals surface area (Å²) in [4.78, 5) is 17.7. The second kappa shape index (κ2) is 6.50. The van der Waals surface area contributed by atoms with E-state index in [1.807, 2.05) is 26.0 Å². The van der Waals surface area contributed by atoms with Gasteiger partial charge in [0.05, 0.1) is 18.7 Å². The van der Waals surface area contributed by atoms with Crippen molar-refractivity contribution in [3.63, 3.8) is 0 Å². The maximum Gasteiger partial charge on any atom is 0.311 e. The number of halogens is 1. The van der Waals surface area contributed by atoms with Gasteiger partial charge in [0.1, 0.15) is 13.7 Å². The molecule has 0 unspecified atom stereocenters. The number of esters is 1. The van der Waals surface area contributed by atoms with E-state index in [0.29, 0.717) is 30.9 Å². The Morgan fingerprint density at radius 3 is 2.78 bits per heavy atom. The van der Waals surface area contributed by atoms with Crippen molar-refractivity contribution in [3.8, 4) is 11.3 Å². The molecule has 118 valence electrons. The van der Waals surface area contributed by atoms with Crippen LogP contribution >= 0.6 is 0 Å². The number of hydrogen-bond donors (Lipinski definition) is 0. The minimum atomic E-state index is -0.274. The topological polar surface area (TPSA) is 42.4 Å². The number of ether oxygens (including phenoxy) is 1. The van der Waals surface area contributed by atoms with Gasteiger partial charge in [-0.25, -0.2) is 4.39 Å². The van der Waals surface area contributed by atoms with Gasteiger partial charge in [0, 0.05) is 31.4 Å². The van der Waals surface area contributed by atoms with E-state index < -0.39 is 0 Å². The molecule has 0 spiro atoms. The first-order valence-electron chi connectivity index (χ1n) is 7.58. The number of rotatable bonds is 4. The molecule has 2 heterocycles. The van der Waals surface area contributed by atoms with Crippen LogP contribution in [0.4, 0.5) is 4.39 Å². The summed E-state index contributed by atoms with van der Waals surface area (Å²) in [5.41, 5.74) is 3.07. The lowest BCUT2D eigenvalue weighted by molar-refractivity contribution is -0.151. The molecule has 0 radical (unpaired) electrons. The van der Waals surface area contributed by atoms with Crippen molar-refractivity contribution in [1.29, 1.82) is 0 Å². The number of pyridine rings is 1. The van der Waals surface area contributed by atoms with Gasteiger partial charge in [-0.15, -0.1) is 0 Å². The maximum absolute atomic E-state index is 14.3. The van der Waals surface area contributed by atoms with E-state index in [2.05, 4.69) is 9.88 Å². The molecule has 2 aromatic rings. The van der Waals surface area contributed by atoms with E-state index in [1.165, 1.54) is 7.11 Å². The molecule has 1 aliphatic heterocycles. The Hall–Kier alpha value is -2.21. The van der Waals surface area contributed by atoms with Crippen molar-refractivity contribution in [2.24, 2.45) is 5.92 Å². The van der Waals surface area contributed by atoms with Gasteiger partial charge in [-0.2, -0.15) is 0 Å². The predicted octanol–water partition coefficient (Wildman–Crippen LogP) is 0.751.